The molecule has 1 aliphatic rings. The maximum atomic E-state index is 12.7. The van der Waals surface area contributed by atoms with Crippen LogP contribution in [0, 0.1) is 5.92 Å². The van der Waals surface area contributed by atoms with Crippen LogP contribution in [-0.2, 0) is 4.79 Å². The molecular weight excluding hydrogens is 366 g/mol. The number of nitrogens with zero attached hydrogens (tertiary/aromatic N) is 1. The Hall–Kier alpha value is -3.15. The number of rotatable bonds is 5. The van der Waals surface area contributed by atoms with Gasteiger partial charge in [-0.25, -0.2) is 0 Å². The topological polar surface area (TPSA) is 78.5 Å². The zero-order valence-corrected chi connectivity index (χ0v) is 16.9. The summed E-state index contributed by atoms with van der Waals surface area (Å²) in [6.45, 7) is 0. The summed E-state index contributed by atoms with van der Waals surface area (Å²) >= 11 is 0. The van der Waals surface area contributed by atoms with E-state index in [1.807, 2.05) is 0 Å². The summed E-state index contributed by atoms with van der Waals surface area (Å²) in [5.74, 6) is -0.457. The number of amides is 3. The van der Waals surface area contributed by atoms with Crippen LogP contribution in [0.3, 0.4) is 0 Å². The van der Waals surface area contributed by atoms with Crippen molar-refractivity contribution in [3.63, 3.8) is 0 Å². The highest BCUT2D eigenvalue weighted by molar-refractivity contribution is 6.09. The second-order valence-corrected chi connectivity index (χ2v) is 7.60. The maximum Gasteiger partial charge on any atom is 0.255 e. The standard InChI is InChI=1S/C23H27N3O3/c1-26(2)23(29)19-13-6-7-14-20(19)25-22(28)17-11-8-12-18(15-17)24-21(27)16-9-4-3-5-10-16/h6-8,11-16H,3-5,9-10H2,1-2H3,(H,24,27)(H,25,28). The van der Waals surface area contributed by atoms with Crippen LogP contribution >= 0.6 is 0 Å². The highest BCUT2D eigenvalue weighted by Gasteiger charge is 2.21. The fraction of sp³-hybridized carbons (Fsp3) is 0.348. The third-order valence-corrected chi connectivity index (χ3v) is 5.18. The first-order chi connectivity index (χ1) is 14.0. The van der Waals surface area contributed by atoms with Gasteiger partial charge in [-0.3, -0.25) is 14.4 Å². The third-order valence-electron chi connectivity index (χ3n) is 5.18. The molecule has 0 radical (unpaired) electrons. The fourth-order valence-electron chi connectivity index (χ4n) is 3.56. The van der Waals surface area contributed by atoms with Gasteiger partial charge in [0.1, 0.15) is 0 Å². The van der Waals surface area contributed by atoms with E-state index in [2.05, 4.69) is 10.6 Å². The summed E-state index contributed by atoms with van der Waals surface area (Å²) in [6.07, 6.45) is 5.21. The molecule has 6 heteroatoms. The highest BCUT2D eigenvalue weighted by Crippen LogP contribution is 2.25. The van der Waals surface area contributed by atoms with Crippen molar-refractivity contribution in [1.29, 1.82) is 0 Å². The monoisotopic (exact) mass is 393 g/mol. The van der Waals surface area contributed by atoms with E-state index in [1.54, 1.807) is 62.6 Å². The van der Waals surface area contributed by atoms with Crippen LogP contribution in [0.4, 0.5) is 11.4 Å². The largest absolute Gasteiger partial charge is 0.345 e. The van der Waals surface area contributed by atoms with Crippen molar-refractivity contribution in [2.45, 2.75) is 32.1 Å². The average molecular weight is 393 g/mol. The minimum atomic E-state index is -0.335. The molecule has 0 heterocycles. The van der Waals surface area contributed by atoms with Crippen molar-refractivity contribution in [2.75, 3.05) is 24.7 Å². The van der Waals surface area contributed by atoms with E-state index in [0.29, 0.717) is 22.5 Å². The molecule has 0 bridgehead atoms. The molecule has 152 valence electrons. The molecule has 1 aliphatic carbocycles. The maximum absolute atomic E-state index is 12.7. The Balaban J connectivity index is 1.72. The Morgan fingerprint density at radius 3 is 2.34 bits per heavy atom. The van der Waals surface area contributed by atoms with Gasteiger partial charge in [0, 0.05) is 31.3 Å². The molecule has 0 atom stereocenters. The van der Waals surface area contributed by atoms with Gasteiger partial charge >= 0.3 is 0 Å². The van der Waals surface area contributed by atoms with Gasteiger partial charge in [0.05, 0.1) is 11.3 Å². The molecule has 3 amide bonds. The zero-order chi connectivity index (χ0) is 20.8. The molecule has 29 heavy (non-hydrogen) atoms. The number of hydrogen-bond donors (Lipinski definition) is 2. The first-order valence-corrected chi connectivity index (χ1v) is 9.98. The van der Waals surface area contributed by atoms with Gasteiger partial charge in [0.15, 0.2) is 0 Å². The molecule has 0 unspecified atom stereocenters. The predicted octanol–water partition coefficient (Wildman–Crippen LogP) is 4.16. The lowest BCUT2D eigenvalue weighted by molar-refractivity contribution is -0.120. The second kappa shape index (κ2) is 9.37. The second-order valence-electron chi connectivity index (χ2n) is 7.60. The van der Waals surface area contributed by atoms with Gasteiger partial charge < -0.3 is 15.5 Å². The first-order valence-electron chi connectivity index (χ1n) is 9.98. The van der Waals surface area contributed by atoms with Crippen LogP contribution in [0.1, 0.15) is 52.8 Å². The van der Waals surface area contributed by atoms with Gasteiger partial charge in [-0.1, -0.05) is 37.5 Å². The molecule has 1 saturated carbocycles. The number of nitrogens with one attached hydrogen (secondary N) is 2. The summed E-state index contributed by atoms with van der Waals surface area (Å²) in [7, 11) is 3.33. The van der Waals surface area contributed by atoms with Crippen LogP contribution in [0.15, 0.2) is 48.5 Å². The van der Waals surface area contributed by atoms with Gasteiger partial charge in [-0.05, 0) is 43.2 Å². The van der Waals surface area contributed by atoms with E-state index in [4.69, 9.17) is 0 Å². The van der Waals surface area contributed by atoms with E-state index in [1.165, 1.54) is 11.3 Å². The van der Waals surface area contributed by atoms with Crippen molar-refractivity contribution in [1.82, 2.24) is 4.90 Å². The lowest BCUT2D eigenvalue weighted by atomic mass is 9.88. The molecule has 3 rings (SSSR count). The van der Waals surface area contributed by atoms with E-state index in [9.17, 15) is 14.4 Å². The Morgan fingerprint density at radius 2 is 1.62 bits per heavy atom. The minimum Gasteiger partial charge on any atom is -0.345 e. The van der Waals surface area contributed by atoms with Gasteiger partial charge in [0.2, 0.25) is 5.91 Å². The first kappa shape index (κ1) is 20.6. The summed E-state index contributed by atoms with van der Waals surface area (Å²) in [6, 6.07) is 13.8. The summed E-state index contributed by atoms with van der Waals surface area (Å²) in [4.78, 5) is 39.0. The fourth-order valence-corrected chi connectivity index (χ4v) is 3.56. The lowest BCUT2D eigenvalue weighted by Gasteiger charge is -2.20. The minimum absolute atomic E-state index is 0.0178. The number of hydrogen-bond acceptors (Lipinski definition) is 3. The molecule has 0 aromatic heterocycles. The Kier molecular flexibility index (Phi) is 6.65. The van der Waals surface area contributed by atoms with E-state index in [-0.39, 0.29) is 23.6 Å². The summed E-state index contributed by atoms with van der Waals surface area (Å²) in [5.41, 5.74) is 1.89. The van der Waals surface area contributed by atoms with Crippen molar-refractivity contribution in [3.8, 4) is 0 Å². The van der Waals surface area contributed by atoms with Crippen LogP contribution in [-0.4, -0.2) is 36.7 Å². The smallest absolute Gasteiger partial charge is 0.255 e. The number of anilines is 2. The molecule has 0 saturated heterocycles. The Bertz CT molecular complexity index is 902. The molecule has 0 spiro atoms. The SMILES string of the molecule is CN(C)C(=O)c1ccccc1NC(=O)c1cccc(NC(=O)C2CCCCC2)c1. The number of benzene rings is 2. The van der Waals surface area contributed by atoms with Gasteiger partial charge in [-0.15, -0.1) is 0 Å². The molecule has 2 aromatic carbocycles. The predicted molar refractivity (Wildman–Crippen MR) is 114 cm³/mol. The number of para-hydroxylation sites is 1. The molecule has 0 aliphatic heterocycles. The number of carbonyl (C=O) groups excluding carboxylic acids is 3. The molecule has 6 nitrogen and oxygen atoms in total. The molecule has 1 fully saturated rings. The van der Waals surface area contributed by atoms with Crippen LogP contribution in [0.25, 0.3) is 0 Å². The van der Waals surface area contributed by atoms with Crippen molar-refractivity contribution in [2.24, 2.45) is 5.92 Å². The number of carbonyl (C=O) groups is 3. The normalized spacial score (nSPS) is 14.1. The Labute approximate surface area is 171 Å². The van der Waals surface area contributed by atoms with E-state index in [0.717, 1.165) is 25.7 Å². The summed E-state index contributed by atoms with van der Waals surface area (Å²) < 4.78 is 0. The summed E-state index contributed by atoms with van der Waals surface area (Å²) in [5, 5.41) is 5.74. The van der Waals surface area contributed by atoms with Crippen LogP contribution in [0.2, 0.25) is 0 Å². The van der Waals surface area contributed by atoms with Crippen molar-refractivity contribution < 1.29 is 14.4 Å². The molecule has 2 aromatic rings. The highest BCUT2D eigenvalue weighted by atomic mass is 16.2. The van der Waals surface area contributed by atoms with E-state index >= 15 is 0 Å². The van der Waals surface area contributed by atoms with E-state index < -0.39 is 0 Å². The van der Waals surface area contributed by atoms with Gasteiger partial charge in [0.25, 0.3) is 11.8 Å². The Morgan fingerprint density at radius 1 is 0.897 bits per heavy atom. The molecular formula is C23H27N3O3. The quantitative estimate of drug-likeness (QED) is 0.801. The van der Waals surface area contributed by atoms with Crippen molar-refractivity contribution >= 4 is 29.1 Å². The lowest BCUT2D eigenvalue weighted by Crippen LogP contribution is -2.25. The van der Waals surface area contributed by atoms with Crippen LogP contribution < -0.4 is 10.6 Å². The van der Waals surface area contributed by atoms with Crippen LogP contribution in [0.5, 0.6) is 0 Å². The zero-order valence-electron chi connectivity index (χ0n) is 16.9. The van der Waals surface area contributed by atoms with Gasteiger partial charge in [-0.2, -0.15) is 0 Å². The third kappa shape index (κ3) is 5.22. The molecule has 2 N–H and O–H groups in total. The average Bonchev–Trinajstić information content (AvgIpc) is 2.74. The van der Waals surface area contributed by atoms with Crippen molar-refractivity contribution in [3.05, 3.63) is 59.7 Å².